The van der Waals surface area contributed by atoms with Crippen LogP contribution in [-0.4, -0.2) is 37.9 Å². The molecule has 0 radical (unpaired) electrons. The van der Waals surface area contributed by atoms with Gasteiger partial charge < -0.3 is 20.9 Å². The van der Waals surface area contributed by atoms with Crippen molar-refractivity contribution in [2.24, 2.45) is 11.5 Å². The van der Waals surface area contributed by atoms with Crippen LogP contribution >= 0.6 is 11.6 Å². The first-order valence-electron chi connectivity index (χ1n) is 12.5. The van der Waals surface area contributed by atoms with Crippen LogP contribution in [0.5, 0.6) is 5.88 Å². The van der Waals surface area contributed by atoms with Crippen molar-refractivity contribution in [3.63, 3.8) is 0 Å². The van der Waals surface area contributed by atoms with Crippen LogP contribution in [0.25, 0.3) is 11.1 Å². The molecule has 36 heavy (non-hydrogen) atoms. The average Bonchev–Trinajstić information content (AvgIpc) is 2.89. The van der Waals surface area contributed by atoms with E-state index in [1.54, 1.807) is 26.3 Å². The molecule has 4 N–H and O–H groups in total. The fourth-order valence-electron chi connectivity index (χ4n) is 4.45. The minimum Gasteiger partial charge on any atom is -0.473 e. The highest BCUT2D eigenvalue weighted by Crippen LogP contribution is 2.38. The van der Waals surface area contributed by atoms with Crippen molar-refractivity contribution < 1.29 is 13.9 Å². The molecule has 7 heteroatoms. The fourth-order valence-corrected chi connectivity index (χ4v) is 4.66. The number of nitrogens with two attached hydrogens (primary N) is 2. The van der Waals surface area contributed by atoms with Gasteiger partial charge in [-0.3, -0.25) is 0 Å². The lowest BCUT2D eigenvalue weighted by molar-refractivity contribution is 0.141. The van der Waals surface area contributed by atoms with Crippen LogP contribution in [0.3, 0.4) is 0 Å². The summed E-state index contributed by atoms with van der Waals surface area (Å²) < 4.78 is 25.6. The molecule has 1 fully saturated rings. The van der Waals surface area contributed by atoms with Gasteiger partial charge in [-0.15, -0.1) is 0 Å². The van der Waals surface area contributed by atoms with Crippen LogP contribution in [0, 0.1) is 12.7 Å². The maximum absolute atomic E-state index is 15.3. The van der Waals surface area contributed by atoms with Gasteiger partial charge in [0, 0.05) is 48.0 Å². The van der Waals surface area contributed by atoms with Gasteiger partial charge in [0.15, 0.2) is 5.82 Å². The second-order valence-electron chi connectivity index (χ2n) is 9.11. The molecule has 1 aliphatic carbocycles. The lowest BCUT2D eigenvalue weighted by atomic mass is 9.89. The molecule has 3 aromatic rings. The van der Waals surface area contributed by atoms with Crippen molar-refractivity contribution in [2.45, 2.75) is 51.0 Å². The van der Waals surface area contributed by atoms with Gasteiger partial charge in [0.25, 0.3) is 5.88 Å². The Bertz CT molecular complexity index is 1090. The van der Waals surface area contributed by atoms with E-state index < -0.39 is 5.82 Å². The molecule has 194 valence electrons. The highest BCUT2D eigenvalue weighted by Gasteiger charge is 2.20. The van der Waals surface area contributed by atoms with Crippen LogP contribution in [0.15, 0.2) is 54.7 Å². The van der Waals surface area contributed by atoms with Gasteiger partial charge in [-0.1, -0.05) is 67.3 Å². The van der Waals surface area contributed by atoms with Gasteiger partial charge >= 0.3 is 0 Å². The van der Waals surface area contributed by atoms with Crippen LogP contribution < -0.4 is 16.2 Å². The van der Waals surface area contributed by atoms with E-state index in [2.05, 4.69) is 4.98 Å². The Hall–Kier alpha value is -2.51. The highest BCUT2D eigenvalue weighted by atomic mass is 35.5. The first kappa shape index (κ1) is 28.1. The van der Waals surface area contributed by atoms with Crippen molar-refractivity contribution in [1.82, 2.24) is 4.98 Å². The molecular weight excluding hydrogens is 477 g/mol. The van der Waals surface area contributed by atoms with Crippen LogP contribution in [0.4, 0.5) is 4.39 Å². The van der Waals surface area contributed by atoms with E-state index >= 15 is 4.39 Å². The highest BCUT2D eigenvalue weighted by molar-refractivity contribution is 6.33. The zero-order valence-corrected chi connectivity index (χ0v) is 21.9. The number of nitrogens with zero attached hydrogens (tertiary/aromatic N) is 1. The van der Waals surface area contributed by atoms with Crippen molar-refractivity contribution in [2.75, 3.05) is 26.9 Å². The summed E-state index contributed by atoms with van der Waals surface area (Å²) in [5, 5.41) is 0.452. The monoisotopic (exact) mass is 513 g/mol. The van der Waals surface area contributed by atoms with Gasteiger partial charge in [0.2, 0.25) is 0 Å². The number of methoxy groups -OCH3 is 1. The third-order valence-electron chi connectivity index (χ3n) is 6.45. The summed E-state index contributed by atoms with van der Waals surface area (Å²) >= 11 is 6.47. The second-order valence-corrected chi connectivity index (χ2v) is 9.52. The van der Waals surface area contributed by atoms with E-state index in [0.717, 1.165) is 11.1 Å². The minimum absolute atomic E-state index is 0.0187. The van der Waals surface area contributed by atoms with E-state index in [-0.39, 0.29) is 18.4 Å². The van der Waals surface area contributed by atoms with Crippen molar-refractivity contribution in [1.29, 1.82) is 0 Å². The zero-order valence-electron chi connectivity index (χ0n) is 21.2. The lowest BCUT2D eigenvalue weighted by Crippen LogP contribution is -2.22. The molecule has 2 aromatic carbocycles. The third kappa shape index (κ3) is 7.50. The fraction of sp³-hybridized carbons (Fsp3) is 0.414. The van der Waals surface area contributed by atoms with Gasteiger partial charge in [-0.05, 0) is 48.6 Å². The van der Waals surface area contributed by atoms with E-state index in [9.17, 15) is 0 Å². The summed E-state index contributed by atoms with van der Waals surface area (Å²) in [6, 6.07) is 16.1. The number of hydrogen-bond donors (Lipinski definition) is 2. The largest absolute Gasteiger partial charge is 0.473 e. The molecular formula is C29H37ClFN3O2. The van der Waals surface area contributed by atoms with Gasteiger partial charge in [0.05, 0.1) is 6.61 Å². The molecule has 5 nitrogen and oxygen atoms in total. The van der Waals surface area contributed by atoms with E-state index in [1.165, 1.54) is 32.1 Å². The Morgan fingerprint density at radius 3 is 2.39 bits per heavy atom. The van der Waals surface area contributed by atoms with Crippen molar-refractivity contribution in [3.8, 4) is 17.0 Å². The standard InChI is InChI=1S/C23H24ClFN2O2.C6H13N/c1-15-14-27-23(29-11-10-28-2)22(25)21(15)18-12-17(8-9-20(18)24)19(13-26)16-6-4-3-5-7-16;7-6-4-2-1-3-5-6/h3-9,12,14,19H,10-11,13,26H2,1-2H3;6H,1-5,7H2. The number of rotatable bonds is 8. The SMILES string of the molecule is COCCOc1ncc(C)c(-c2cc(C(CN)c3ccccc3)ccc2Cl)c1F.NC1CCCCC1. The Morgan fingerprint density at radius 1 is 1.06 bits per heavy atom. The van der Waals surface area contributed by atoms with Crippen LogP contribution in [0.1, 0.15) is 54.7 Å². The Balaban J connectivity index is 0.000000444. The number of ether oxygens (including phenoxy) is 2. The Kier molecular flexibility index (Phi) is 11.1. The summed E-state index contributed by atoms with van der Waals surface area (Å²) in [6.45, 7) is 2.77. The molecule has 0 spiro atoms. The number of halogens is 2. The Labute approximate surface area is 219 Å². The summed E-state index contributed by atoms with van der Waals surface area (Å²) in [7, 11) is 1.56. The summed E-state index contributed by atoms with van der Waals surface area (Å²) in [6.07, 6.45) is 8.25. The maximum Gasteiger partial charge on any atom is 0.251 e. The number of hydrogen-bond acceptors (Lipinski definition) is 5. The second kappa shape index (κ2) is 14.3. The molecule has 0 aliphatic heterocycles. The van der Waals surface area contributed by atoms with E-state index in [1.807, 2.05) is 42.5 Å². The molecule has 0 amide bonds. The minimum atomic E-state index is -0.538. The number of benzene rings is 2. The van der Waals surface area contributed by atoms with Crippen LogP contribution in [-0.2, 0) is 4.74 Å². The smallest absolute Gasteiger partial charge is 0.251 e. The number of aromatic nitrogens is 1. The quantitative estimate of drug-likeness (QED) is 0.348. The van der Waals surface area contributed by atoms with Crippen molar-refractivity contribution >= 4 is 11.6 Å². The van der Waals surface area contributed by atoms with E-state index in [4.69, 9.17) is 32.5 Å². The summed E-state index contributed by atoms with van der Waals surface area (Å²) in [5.41, 5.74) is 15.4. The van der Waals surface area contributed by atoms with E-state index in [0.29, 0.717) is 40.9 Å². The first-order valence-corrected chi connectivity index (χ1v) is 12.9. The molecule has 1 aromatic heterocycles. The molecule has 1 heterocycles. The molecule has 1 atom stereocenters. The summed E-state index contributed by atoms with van der Waals surface area (Å²) in [4.78, 5) is 4.07. The molecule has 1 saturated carbocycles. The van der Waals surface area contributed by atoms with Gasteiger partial charge in [-0.25, -0.2) is 9.37 Å². The normalized spacial score (nSPS) is 14.6. The van der Waals surface area contributed by atoms with Gasteiger partial charge in [-0.2, -0.15) is 0 Å². The molecule has 1 unspecified atom stereocenters. The summed E-state index contributed by atoms with van der Waals surface area (Å²) in [5.74, 6) is -0.624. The molecule has 1 aliphatic rings. The molecule has 0 bridgehead atoms. The Morgan fingerprint density at radius 2 is 1.78 bits per heavy atom. The van der Waals surface area contributed by atoms with Gasteiger partial charge in [0.1, 0.15) is 6.61 Å². The van der Waals surface area contributed by atoms with Crippen molar-refractivity contribution in [3.05, 3.63) is 82.3 Å². The zero-order chi connectivity index (χ0) is 25.9. The maximum atomic E-state index is 15.3. The predicted octanol–water partition coefficient (Wildman–Crippen LogP) is 6.24. The first-order chi connectivity index (χ1) is 17.5. The predicted molar refractivity (Wildman–Crippen MR) is 145 cm³/mol. The van der Waals surface area contributed by atoms with Crippen LogP contribution in [0.2, 0.25) is 5.02 Å². The lowest BCUT2D eigenvalue weighted by Gasteiger charge is -2.19. The topological polar surface area (TPSA) is 83.4 Å². The average molecular weight is 514 g/mol. The third-order valence-corrected chi connectivity index (χ3v) is 6.78. The molecule has 4 rings (SSSR count). The number of pyridine rings is 1. The number of aryl methyl sites for hydroxylation is 1. The molecule has 0 saturated heterocycles.